The van der Waals surface area contributed by atoms with Gasteiger partial charge in [-0.2, -0.15) is 22.0 Å². The maximum atomic E-state index is 12.9. The fourth-order valence-electron chi connectivity index (χ4n) is 1.23. The molecule has 102 valence electrons. The maximum absolute atomic E-state index is 12.9. The Morgan fingerprint density at radius 3 is 2.39 bits per heavy atom. The van der Waals surface area contributed by atoms with Gasteiger partial charge in [0.2, 0.25) is 0 Å². The van der Waals surface area contributed by atoms with Gasteiger partial charge in [-0.15, -0.1) is 0 Å². The summed E-state index contributed by atoms with van der Waals surface area (Å²) in [6.07, 6.45) is -6.15. The van der Waals surface area contributed by atoms with Crippen molar-refractivity contribution in [2.75, 3.05) is 5.75 Å². The second kappa shape index (κ2) is 5.29. The third-order valence-electron chi connectivity index (χ3n) is 2.16. The Morgan fingerprint density at radius 1 is 1.28 bits per heavy atom. The minimum atomic E-state index is -5.64. The third-order valence-corrected chi connectivity index (χ3v) is 3.55. The first-order valence-corrected chi connectivity index (χ1v) is 6.27. The lowest BCUT2D eigenvalue weighted by Gasteiger charge is -2.20. The molecule has 0 fully saturated rings. The van der Waals surface area contributed by atoms with Crippen LogP contribution in [0.25, 0.3) is 0 Å². The molecule has 18 heavy (non-hydrogen) atoms. The summed E-state index contributed by atoms with van der Waals surface area (Å²) in [5, 5.41) is 0. The lowest BCUT2D eigenvalue weighted by molar-refractivity contribution is -0.281. The number of nitrogens with zero attached hydrogens (tertiary/aromatic N) is 1. The van der Waals surface area contributed by atoms with Gasteiger partial charge in [-0.25, -0.2) is 0 Å². The topological polar surface area (TPSA) is 30.0 Å². The van der Waals surface area contributed by atoms with Crippen LogP contribution in [0.1, 0.15) is 12.6 Å². The number of aromatic nitrogens is 1. The standard InChI is InChI=1S/C10H10F5NOS/c1-2-18(17)8-4-3-5-16-7(8)6-9(11,12)10(13,14)15/h3-5H,2,6H2,1H3. The van der Waals surface area contributed by atoms with Crippen molar-refractivity contribution in [2.24, 2.45) is 0 Å². The van der Waals surface area contributed by atoms with Crippen LogP contribution in [0.5, 0.6) is 0 Å². The van der Waals surface area contributed by atoms with Crippen molar-refractivity contribution in [3.63, 3.8) is 0 Å². The van der Waals surface area contributed by atoms with Gasteiger partial charge < -0.3 is 0 Å². The van der Waals surface area contributed by atoms with Gasteiger partial charge in [-0.1, -0.05) is 6.92 Å². The van der Waals surface area contributed by atoms with Crippen molar-refractivity contribution in [1.29, 1.82) is 0 Å². The molecule has 0 aliphatic rings. The number of pyridine rings is 1. The Labute approximate surface area is 103 Å². The van der Waals surface area contributed by atoms with Gasteiger partial charge in [-0.05, 0) is 12.1 Å². The second-order valence-electron chi connectivity index (χ2n) is 3.46. The molecule has 0 N–H and O–H groups in total. The smallest absolute Gasteiger partial charge is 0.260 e. The van der Waals surface area contributed by atoms with Crippen LogP contribution in [0, 0.1) is 0 Å². The maximum Gasteiger partial charge on any atom is 0.453 e. The summed E-state index contributed by atoms with van der Waals surface area (Å²) in [5.74, 6) is -4.76. The molecule has 0 bridgehead atoms. The minimum absolute atomic E-state index is 0.0797. The van der Waals surface area contributed by atoms with Crippen molar-refractivity contribution in [3.8, 4) is 0 Å². The van der Waals surface area contributed by atoms with E-state index in [1.807, 2.05) is 0 Å². The Kier molecular flexibility index (Phi) is 4.41. The van der Waals surface area contributed by atoms with E-state index < -0.39 is 35.0 Å². The fourth-order valence-corrected chi connectivity index (χ4v) is 2.16. The lowest BCUT2D eigenvalue weighted by atomic mass is 10.1. The molecule has 0 aromatic carbocycles. The molecule has 1 unspecified atom stereocenters. The van der Waals surface area contributed by atoms with E-state index in [1.165, 1.54) is 19.1 Å². The zero-order valence-electron chi connectivity index (χ0n) is 9.30. The number of rotatable bonds is 4. The summed E-state index contributed by atoms with van der Waals surface area (Å²) in [5.41, 5.74) is -0.486. The summed E-state index contributed by atoms with van der Waals surface area (Å²) in [4.78, 5) is 3.39. The van der Waals surface area contributed by atoms with Crippen molar-refractivity contribution in [2.45, 2.75) is 30.3 Å². The molecule has 0 radical (unpaired) electrons. The van der Waals surface area contributed by atoms with Gasteiger partial charge in [0.25, 0.3) is 0 Å². The fraction of sp³-hybridized carbons (Fsp3) is 0.500. The van der Waals surface area contributed by atoms with Crippen molar-refractivity contribution < 1.29 is 26.2 Å². The summed E-state index contributed by atoms with van der Waals surface area (Å²) < 4.78 is 73.6. The highest BCUT2D eigenvalue weighted by atomic mass is 32.2. The molecule has 1 rings (SSSR count). The summed E-state index contributed by atoms with van der Waals surface area (Å²) in [6, 6.07) is 2.59. The monoisotopic (exact) mass is 287 g/mol. The van der Waals surface area contributed by atoms with Crippen LogP contribution >= 0.6 is 0 Å². The van der Waals surface area contributed by atoms with Crippen LogP contribution in [0.2, 0.25) is 0 Å². The molecule has 8 heteroatoms. The molecule has 1 aromatic rings. The second-order valence-corrected chi connectivity index (χ2v) is 5.17. The van der Waals surface area contributed by atoms with Crippen LogP contribution in [0.15, 0.2) is 23.2 Å². The molecular formula is C10H10F5NOS. The number of halogens is 5. The van der Waals surface area contributed by atoms with E-state index in [0.29, 0.717) is 0 Å². The van der Waals surface area contributed by atoms with E-state index in [-0.39, 0.29) is 10.6 Å². The van der Waals surface area contributed by atoms with Gasteiger partial charge >= 0.3 is 12.1 Å². The minimum Gasteiger partial charge on any atom is -0.260 e. The van der Waals surface area contributed by atoms with E-state index in [1.54, 1.807) is 0 Å². The van der Waals surface area contributed by atoms with E-state index >= 15 is 0 Å². The van der Waals surface area contributed by atoms with Crippen LogP contribution in [-0.4, -0.2) is 27.0 Å². The highest BCUT2D eigenvalue weighted by Crippen LogP contribution is 2.38. The molecule has 0 spiro atoms. The Bertz CT molecular complexity index is 446. The Hall–Kier alpha value is -1.05. The quantitative estimate of drug-likeness (QED) is 0.797. The molecule has 1 heterocycles. The van der Waals surface area contributed by atoms with Gasteiger partial charge in [0, 0.05) is 11.9 Å². The predicted molar refractivity (Wildman–Crippen MR) is 55.9 cm³/mol. The van der Waals surface area contributed by atoms with Gasteiger partial charge in [0.05, 0.1) is 27.8 Å². The SMILES string of the molecule is CCS(=O)c1cccnc1CC(F)(F)C(F)(F)F. The van der Waals surface area contributed by atoms with Crippen LogP contribution in [-0.2, 0) is 17.2 Å². The molecular weight excluding hydrogens is 277 g/mol. The Morgan fingerprint density at radius 2 is 1.89 bits per heavy atom. The lowest BCUT2D eigenvalue weighted by Crippen LogP contribution is -2.39. The van der Waals surface area contributed by atoms with Crippen LogP contribution in [0.4, 0.5) is 22.0 Å². The zero-order chi connectivity index (χ0) is 14.0. The van der Waals surface area contributed by atoms with Crippen molar-refractivity contribution in [1.82, 2.24) is 4.98 Å². The summed E-state index contributed by atoms with van der Waals surface area (Å²) in [6.45, 7) is 1.54. The van der Waals surface area contributed by atoms with E-state index in [2.05, 4.69) is 4.98 Å². The first-order valence-electron chi connectivity index (χ1n) is 4.96. The number of hydrogen-bond donors (Lipinski definition) is 0. The predicted octanol–water partition coefficient (Wildman–Crippen LogP) is 2.95. The van der Waals surface area contributed by atoms with Gasteiger partial charge in [0.1, 0.15) is 0 Å². The van der Waals surface area contributed by atoms with Gasteiger partial charge in [-0.3, -0.25) is 9.19 Å². The molecule has 1 atom stereocenters. The zero-order valence-corrected chi connectivity index (χ0v) is 10.1. The average Bonchev–Trinajstić information content (AvgIpc) is 2.26. The molecule has 0 saturated heterocycles. The number of alkyl halides is 5. The highest BCUT2D eigenvalue weighted by Gasteiger charge is 2.57. The van der Waals surface area contributed by atoms with Crippen LogP contribution < -0.4 is 0 Å². The highest BCUT2D eigenvalue weighted by molar-refractivity contribution is 7.85. The third kappa shape index (κ3) is 3.24. The van der Waals surface area contributed by atoms with E-state index in [0.717, 1.165) is 6.20 Å². The number of hydrogen-bond acceptors (Lipinski definition) is 2. The molecule has 0 amide bonds. The average molecular weight is 287 g/mol. The van der Waals surface area contributed by atoms with E-state index in [4.69, 9.17) is 0 Å². The largest absolute Gasteiger partial charge is 0.453 e. The molecule has 2 nitrogen and oxygen atoms in total. The van der Waals surface area contributed by atoms with Crippen molar-refractivity contribution in [3.05, 3.63) is 24.0 Å². The van der Waals surface area contributed by atoms with Crippen LogP contribution in [0.3, 0.4) is 0 Å². The Balaban J connectivity index is 3.09. The normalized spacial score (nSPS) is 14.6. The molecule has 0 saturated carbocycles. The summed E-state index contributed by atoms with van der Waals surface area (Å²) >= 11 is 0. The first kappa shape index (κ1) is 15.0. The van der Waals surface area contributed by atoms with E-state index in [9.17, 15) is 26.2 Å². The molecule has 0 aliphatic carbocycles. The van der Waals surface area contributed by atoms with Gasteiger partial charge in [0.15, 0.2) is 0 Å². The molecule has 0 aliphatic heterocycles. The summed E-state index contributed by atoms with van der Waals surface area (Å²) in [7, 11) is -1.63. The molecule has 1 aromatic heterocycles. The van der Waals surface area contributed by atoms with Crippen molar-refractivity contribution >= 4 is 10.8 Å². The first-order chi connectivity index (χ1) is 8.19.